The molecule has 0 atom stereocenters. The molecule has 148 valence electrons. The number of anilines is 3. The number of amides is 3. The summed E-state index contributed by atoms with van der Waals surface area (Å²) >= 11 is 0. The summed E-state index contributed by atoms with van der Waals surface area (Å²) in [6, 6.07) is 14.1. The van der Waals surface area contributed by atoms with Crippen molar-refractivity contribution in [1.29, 1.82) is 0 Å². The van der Waals surface area contributed by atoms with Crippen molar-refractivity contribution < 1.29 is 19.1 Å². The highest BCUT2D eigenvalue weighted by atomic mass is 16.5. The van der Waals surface area contributed by atoms with Gasteiger partial charge < -0.3 is 20.3 Å². The second-order valence-electron chi connectivity index (χ2n) is 6.16. The molecule has 0 heterocycles. The van der Waals surface area contributed by atoms with Crippen LogP contribution >= 0.6 is 0 Å². The molecule has 0 aliphatic rings. The van der Waals surface area contributed by atoms with E-state index < -0.39 is 0 Å². The van der Waals surface area contributed by atoms with Gasteiger partial charge in [0, 0.05) is 43.9 Å². The van der Waals surface area contributed by atoms with E-state index in [1.807, 2.05) is 6.92 Å². The van der Waals surface area contributed by atoms with Crippen LogP contribution in [0.15, 0.2) is 48.5 Å². The van der Waals surface area contributed by atoms with E-state index in [0.29, 0.717) is 23.7 Å². The van der Waals surface area contributed by atoms with Gasteiger partial charge in [-0.25, -0.2) is 0 Å². The van der Waals surface area contributed by atoms with Crippen molar-refractivity contribution in [3.05, 3.63) is 48.5 Å². The molecule has 0 aromatic heterocycles. The molecule has 3 amide bonds. The van der Waals surface area contributed by atoms with Gasteiger partial charge in [0.25, 0.3) is 0 Å². The third-order valence-electron chi connectivity index (χ3n) is 3.87. The summed E-state index contributed by atoms with van der Waals surface area (Å²) < 4.78 is 5.41. The van der Waals surface area contributed by atoms with E-state index in [1.165, 1.54) is 13.8 Å². The number of nitrogens with zero attached hydrogens (tertiary/aromatic N) is 1. The average Bonchev–Trinajstić information content (AvgIpc) is 2.63. The third kappa shape index (κ3) is 6.42. The van der Waals surface area contributed by atoms with Gasteiger partial charge in [-0.15, -0.1) is 0 Å². The van der Waals surface area contributed by atoms with Crippen molar-refractivity contribution in [2.75, 3.05) is 28.7 Å². The lowest BCUT2D eigenvalue weighted by molar-refractivity contribution is -0.117. The molecule has 0 saturated heterocycles. The Morgan fingerprint density at radius 2 is 1.61 bits per heavy atom. The molecule has 0 spiro atoms. The molecule has 2 aromatic carbocycles. The highest BCUT2D eigenvalue weighted by Crippen LogP contribution is 2.20. The quantitative estimate of drug-likeness (QED) is 0.731. The van der Waals surface area contributed by atoms with Crippen molar-refractivity contribution in [2.24, 2.45) is 0 Å². The lowest BCUT2D eigenvalue weighted by Gasteiger charge is -2.21. The Balaban J connectivity index is 1.97. The van der Waals surface area contributed by atoms with Gasteiger partial charge in [0.05, 0.1) is 6.61 Å². The summed E-state index contributed by atoms with van der Waals surface area (Å²) in [5, 5.41) is 5.44. The molecular weight excluding hydrogens is 358 g/mol. The normalized spacial score (nSPS) is 10.1. The van der Waals surface area contributed by atoms with Crippen LogP contribution in [-0.4, -0.2) is 30.9 Å². The van der Waals surface area contributed by atoms with E-state index in [4.69, 9.17) is 4.74 Å². The highest BCUT2D eigenvalue weighted by Gasteiger charge is 2.14. The molecule has 7 nitrogen and oxygen atoms in total. The van der Waals surface area contributed by atoms with Crippen LogP contribution in [0.3, 0.4) is 0 Å². The van der Waals surface area contributed by atoms with Gasteiger partial charge in [0.15, 0.2) is 0 Å². The maximum absolute atomic E-state index is 12.3. The SMILES string of the molecule is CCOc1ccc(N(CCC(=O)Nc2cccc(NC(C)=O)c2)C(C)=O)cc1. The molecule has 2 aromatic rings. The molecule has 0 bridgehead atoms. The molecule has 28 heavy (non-hydrogen) atoms. The number of hydrogen-bond acceptors (Lipinski definition) is 4. The first-order valence-electron chi connectivity index (χ1n) is 9.07. The largest absolute Gasteiger partial charge is 0.494 e. The molecular formula is C21H25N3O4. The van der Waals surface area contributed by atoms with E-state index in [0.717, 1.165) is 5.75 Å². The summed E-state index contributed by atoms with van der Waals surface area (Å²) in [5.74, 6) is 0.171. The number of carbonyl (C=O) groups is 3. The van der Waals surface area contributed by atoms with Crippen LogP contribution in [0.4, 0.5) is 17.1 Å². The Morgan fingerprint density at radius 1 is 0.964 bits per heavy atom. The van der Waals surface area contributed by atoms with Crippen molar-refractivity contribution >= 4 is 34.8 Å². The zero-order chi connectivity index (χ0) is 20.5. The van der Waals surface area contributed by atoms with Gasteiger partial charge in [0.1, 0.15) is 5.75 Å². The average molecular weight is 383 g/mol. The van der Waals surface area contributed by atoms with Crippen LogP contribution in [-0.2, 0) is 14.4 Å². The monoisotopic (exact) mass is 383 g/mol. The predicted molar refractivity (Wildman–Crippen MR) is 110 cm³/mol. The Labute approximate surface area is 164 Å². The first-order valence-corrected chi connectivity index (χ1v) is 9.07. The maximum Gasteiger partial charge on any atom is 0.226 e. The molecule has 0 aliphatic carbocycles. The van der Waals surface area contributed by atoms with Crippen molar-refractivity contribution in [3.8, 4) is 5.75 Å². The van der Waals surface area contributed by atoms with Crippen molar-refractivity contribution in [1.82, 2.24) is 0 Å². The van der Waals surface area contributed by atoms with E-state index in [9.17, 15) is 14.4 Å². The smallest absolute Gasteiger partial charge is 0.226 e. The van der Waals surface area contributed by atoms with E-state index in [1.54, 1.807) is 53.4 Å². The van der Waals surface area contributed by atoms with Gasteiger partial charge >= 0.3 is 0 Å². The van der Waals surface area contributed by atoms with Gasteiger partial charge in [-0.2, -0.15) is 0 Å². The fraction of sp³-hybridized carbons (Fsp3) is 0.286. The first kappa shape index (κ1) is 21.0. The number of carbonyl (C=O) groups excluding carboxylic acids is 3. The topological polar surface area (TPSA) is 87.7 Å². The fourth-order valence-corrected chi connectivity index (χ4v) is 2.67. The molecule has 0 unspecified atom stereocenters. The van der Waals surface area contributed by atoms with Crippen molar-refractivity contribution in [2.45, 2.75) is 27.2 Å². The zero-order valence-corrected chi connectivity index (χ0v) is 16.3. The fourth-order valence-electron chi connectivity index (χ4n) is 2.67. The van der Waals surface area contributed by atoms with Gasteiger partial charge in [0.2, 0.25) is 17.7 Å². The summed E-state index contributed by atoms with van der Waals surface area (Å²) in [7, 11) is 0. The molecule has 2 N–H and O–H groups in total. The first-order chi connectivity index (χ1) is 13.4. The van der Waals surface area contributed by atoms with Crippen LogP contribution in [0.5, 0.6) is 5.75 Å². The maximum atomic E-state index is 12.3. The Hall–Kier alpha value is -3.35. The number of rotatable bonds is 8. The number of nitrogens with one attached hydrogen (secondary N) is 2. The Kier molecular flexibility index (Phi) is 7.56. The minimum Gasteiger partial charge on any atom is -0.494 e. The second-order valence-corrected chi connectivity index (χ2v) is 6.16. The van der Waals surface area contributed by atoms with Gasteiger partial charge in [-0.1, -0.05) is 6.07 Å². The lowest BCUT2D eigenvalue weighted by Crippen LogP contribution is -2.31. The van der Waals surface area contributed by atoms with E-state index in [-0.39, 0.29) is 30.7 Å². The molecule has 2 rings (SSSR count). The standard InChI is InChI=1S/C21H25N3O4/c1-4-28-20-10-8-19(9-11-20)24(16(3)26)13-12-21(27)23-18-7-5-6-17(14-18)22-15(2)25/h5-11,14H,4,12-13H2,1-3H3,(H,22,25)(H,23,27). The van der Waals surface area contributed by atoms with Crippen LogP contribution in [0.25, 0.3) is 0 Å². The number of ether oxygens (including phenoxy) is 1. The summed E-state index contributed by atoms with van der Waals surface area (Å²) in [6.45, 7) is 5.60. The zero-order valence-electron chi connectivity index (χ0n) is 16.3. The number of benzene rings is 2. The van der Waals surface area contributed by atoms with Gasteiger partial charge in [-0.3, -0.25) is 14.4 Å². The van der Waals surface area contributed by atoms with Crippen LogP contribution in [0.1, 0.15) is 27.2 Å². The lowest BCUT2D eigenvalue weighted by atomic mass is 10.2. The second kappa shape index (κ2) is 10.1. The van der Waals surface area contributed by atoms with Crippen LogP contribution in [0, 0.1) is 0 Å². The molecule has 0 radical (unpaired) electrons. The summed E-state index contributed by atoms with van der Waals surface area (Å²) in [4.78, 5) is 37.0. The molecule has 7 heteroatoms. The van der Waals surface area contributed by atoms with Crippen LogP contribution in [0.2, 0.25) is 0 Å². The molecule has 0 saturated carbocycles. The van der Waals surface area contributed by atoms with E-state index >= 15 is 0 Å². The minimum absolute atomic E-state index is 0.136. The van der Waals surface area contributed by atoms with Gasteiger partial charge in [-0.05, 0) is 49.4 Å². The van der Waals surface area contributed by atoms with Crippen molar-refractivity contribution in [3.63, 3.8) is 0 Å². The Bertz CT molecular complexity index is 834. The predicted octanol–water partition coefficient (Wildman–Crippen LogP) is 3.43. The van der Waals surface area contributed by atoms with E-state index in [2.05, 4.69) is 10.6 Å². The summed E-state index contributed by atoms with van der Waals surface area (Å²) in [5.41, 5.74) is 1.88. The molecule has 0 fully saturated rings. The van der Waals surface area contributed by atoms with Crippen LogP contribution < -0.4 is 20.3 Å². The number of hydrogen-bond donors (Lipinski definition) is 2. The minimum atomic E-state index is -0.225. The summed E-state index contributed by atoms with van der Waals surface area (Å²) in [6.07, 6.45) is 0.136. The third-order valence-corrected chi connectivity index (χ3v) is 3.87. The molecule has 0 aliphatic heterocycles. The highest BCUT2D eigenvalue weighted by molar-refractivity contribution is 5.95. The Morgan fingerprint density at radius 3 is 2.18 bits per heavy atom.